The smallest absolute Gasteiger partial charge is 0.329 e. The van der Waals surface area contributed by atoms with E-state index in [-0.39, 0.29) is 12.3 Å². The van der Waals surface area contributed by atoms with E-state index in [9.17, 15) is 14.7 Å². The number of carboxylic acids is 1. The molecule has 0 spiro atoms. The van der Waals surface area contributed by atoms with Gasteiger partial charge in [0.05, 0.1) is 0 Å². The fourth-order valence-corrected chi connectivity index (χ4v) is 3.98. The average molecular weight is 296 g/mol. The van der Waals surface area contributed by atoms with E-state index in [1.807, 2.05) is 0 Å². The molecule has 0 saturated heterocycles. The minimum Gasteiger partial charge on any atom is -0.480 e. The Morgan fingerprint density at radius 1 is 1.19 bits per heavy atom. The lowest BCUT2D eigenvalue weighted by Crippen LogP contribution is -2.58. The molecule has 2 unspecified atom stereocenters. The topological polar surface area (TPSA) is 92.4 Å². The van der Waals surface area contributed by atoms with Crippen LogP contribution in [0.5, 0.6) is 0 Å². The summed E-state index contributed by atoms with van der Waals surface area (Å²) in [6, 6.07) is 0. The molecule has 0 aromatic carbocycles. The molecule has 2 aliphatic carbocycles. The van der Waals surface area contributed by atoms with Crippen LogP contribution in [0, 0.1) is 5.92 Å². The van der Waals surface area contributed by atoms with Crippen molar-refractivity contribution < 1.29 is 14.7 Å². The highest BCUT2D eigenvalue weighted by molar-refractivity contribution is 5.87. The number of nitrogens with one attached hydrogen (secondary N) is 1. The summed E-state index contributed by atoms with van der Waals surface area (Å²) >= 11 is 0. The highest BCUT2D eigenvalue weighted by Crippen LogP contribution is 2.34. The van der Waals surface area contributed by atoms with Crippen molar-refractivity contribution in [2.45, 2.75) is 82.2 Å². The molecular formula is C16H28N2O3. The van der Waals surface area contributed by atoms with E-state index in [1.54, 1.807) is 0 Å². The van der Waals surface area contributed by atoms with Crippen LogP contribution in [0.2, 0.25) is 0 Å². The van der Waals surface area contributed by atoms with Crippen molar-refractivity contribution >= 4 is 11.9 Å². The van der Waals surface area contributed by atoms with E-state index < -0.39 is 17.0 Å². The van der Waals surface area contributed by atoms with Crippen LogP contribution in [-0.4, -0.2) is 28.1 Å². The number of carbonyl (C=O) groups excluding carboxylic acids is 1. The number of hydrogen-bond acceptors (Lipinski definition) is 3. The largest absolute Gasteiger partial charge is 0.480 e. The quantitative estimate of drug-likeness (QED) is 0.741. The van der Waals surface area contributed by atoms with Crippen LogP contribution in [0.1, 0.15) is 71.1 Å². The Labute approximate surface area is 126 Å². The van der Waals surface area contributed by atoms with Crippen LogP contribution >= 0.6 is 0 Å². The summed E-state index contributed by atoms with van der Waals surface area (Å²) in [6.45, 7) is 2.05. The molecule has 21 heavy (non-hydrogen) atoms. The van der Waals surface area contributed by atoms with Gasteiger partial charge >= 0.3 is 5.97 Å². The minimum atomic E-state index is -1.08. The van der Waals surface area contributed by atoms with Crippen LogP contribution in [0.4, 0.5) is 0 Å². The molecule has 2 fully saturated rings. The van der Waals surface area contributed by atoms with Gasteiger partial charge in [-0.3, -0.25) is 4.79 Å². The van der Waals surface area contributed by atoms with Crippen molar-refractivity contribution in [3.05, 3.63) is 0 Å². The van der Waals surface area contributed by atoms with E-state index in [4.69, 9.17) is 5.73 Å². The lowest BCUT2D eigenvalue weighted by Gasteiger charge is -2.39. The zero-order valence-corrected chi connectivity index (χ0v) is 13.0. The Hall–Kier alpha value is -1.10. The van der Waals surface area contributed by atoms with Crippen molar-refractivity contribution in [1.82, 2.24) is 5.32 Å². The van der Waals surface area contributed by atoms with Crippen molar-refractivity contribution in [2.24, 2.45) is 11.7 Å². The summed E-state index contributed by atoms with van der Waals surface area (Å²) in [5, 5.41) is 12.4. The van der Waals surface area contributed by atoms with E-state index in [1.165, 1.54) is 6.42 Å². The van der Waals surface area contributed by atoms with Crippen LogP contribution in [0.25, 0.3) is 0 Å². The molecule has 2 atom stereocenters. The highest BCUT2D eigenvalue weighted by atomic mass is 16.4. The van der Waals surface area contributed by atoms with Gasteiger partial charge in [-0.1, -0.05) is 39.0 Å². The zero-order valence-electron chi connectivity index (χ0n) is 13.0. The summed E-state index contributed by atoms with van der Waals surface area (Å²) in [5.41, 5.74) is 4.78. The van der Waals surface area contributed by atoms with Gasteiger partial charge in [0.1, 0.15) is 5.54 Å². The van der Waals surface area contributed by atoms with Crippen LogP contribution < -0.4 is 11.1 Å². The fourth-order valence-electron chi connectivity index (χ4n) is 3.98. The molecule has 120 valence electrons. The maximum absolute atomic E-state index is 12.3. The lowest BCUT2D eigenvalue weighted by molar-refractivity contribution is -0.150. The number of rotatable bonds is 4. The number of hydrogen-bond donors (Lipinski definition) is 3. The predicted molar refractivity (Wildman–Crippen MR) is 80.8 cm³/mol. The second kappa shape index (κ2) is 6.34. The van der Waals surface area contributed by atoms with Gasteiger partial charge in [-0.2, -0.15) is 0 Å². The molecule has 4 N–H and O–H groups in total. The monoisotopic (exact) mass is 296 g/mol. The molecule has 2 saturated carbocycles. The molecule has 0 aliphatic heterocycles. The SMILES string of the molecule is CC1CCCC(NC(=O)CC2(N)CCCCC2)(C(=O)O)C1. The molecule has 0 radical (unpaired) electrons. The number of amides is 1. The Kier molecular flexibility index (Phi) is 4.91. The third-order valence-electron chi connectivity index (χ3n) is 5.15. The molecule has 1 amide bonds. The third kappa shape index (κ3) is 3.96. The van der Waals surface area contributed by atoms with E-state index in [0.29, 0.717) is 18.8 Å². The summed E-state index contributed by atoms with van der Waals surface area (Å²) in [6.07, 6.45) is 8.19. The maximum atomic E-state index is 12.3. The van der Waals surface area contributed by atoms with Crippen molar-refractivity contribution in [1.29, 1.82) is 0 Å². The third-order valence-corrected chi connectivity index (χ3v) is 5.15. The predicted octanol–water partition coefficient (Wildman–Crippen LogP) is 2.19. The second-order valence-electron chi connectivity index (χ2n) is 7.24. The van der Waals surface area contributed by atoms with Gasteiger partial charge in [-0.15, -0.1) is 0 Å². The van der Waals surface area contributed by atoms with Gasteiger partial charge in [0, 0.05) is 12.0 Å². The number of carbonyl (C=O) groups is 2. The van der Waals surface area contributed by atoms with Gasteiger partial charge in [0.2, 0.25) is 5.91 Å². The Balaban J connectivity index is 2.00. The Morgan fingerprint density at radius 2 is 1.86 bits per heavy atom. The van der Waals surface area contributed by atoms with Gasteiger partial charge in [0.25, 0.3) is 0 Å². The van der Waals surface area contributed by atoms with Gasteiger partial charge in [-0.25, -0.2) is 4.79 Å². The molecule has 0 heterocycles. The summed E-state index contributed by atoms with van der Waals surface area (Å²) in [7, 11) is 0. The first-order valence-corrected chi connectivity index (χ1v) is 8.19. The summed E-state index contributed by atoms with van der Waals surface area (Å²) in [4.78, 5) is 24.0. The molecule has 5 heteroatoms. The molecule has 0 aromatic heterocycles. The Bertz CT molecular complexity index is 404. The van der Waals surface area contributed by atoms with Crippen molar-refractivity contribution in [3.63, 3.8) is 0 Å². The van der Waals surface area contributed by atoms with E-state index in [2.05, 4.69) is 12.2 Å². The standard InChI is InChI=1S/C16H28N2O3/c1-12-6-5-9-16(10-12,14(20)21)18-13(19)11-15(17)7-3-2-4-8-15/h12H,2-11,17H2,1H3,(H,18,19)(H,20,21). The molecule has 0 bridgehead atoms. The number of carboxylic acid groups (broad SMARTS) is 1. The zero-order chi connectivity index (χ0) is 15.5. The van der Waals surface area contributed by atoms with E-state index in [0.717, 1.165) is 38.5 Å². The fraction of sp³-hybridized carbons (Fsp3) is 0.875. The number of aliphatic carboxylic acids is 1. The van der Waals surface area contributed by atoms with Crippen molar-refractivity contribution in [3.8, 4) is 0 Å². The summed E-state index contributed by atoms with van der Waals surface area (Å²) < 4.78 is 0. The van der Waals surface area contributed by atoms with Crippen LogP contribution in [0.15, 0.2) is 0 Å². The average Bonchev–Trinajstić information content (AvgIpc) is 2.38. The lowest BCUT2D eigenvalue weighted by atomic mass is 9.75. The number of nitrogens with two attached hydrogens (primary N) is 1. The molecular weight excluding hydrogens is 268 g/mol. The normalized spacial score (nSPS) is 32.4. The molecule has 2 aliphatic rings. The van der Waals surface area contributed by atoms with Gasteiger partial charge in [-0.05, 0) is 31.6 Å². The first-order chi connectivity index (χ1) is 9.85. The van der Waals surface area contributed by atoms with Crippen LogP contribution in [-0.2, 0) is 9.59 Å². The minimum absolute atomic E-state index is 0.198. The maximum Gasteiger partial charge on any atom is 0.329 e. The molecule has 2 rings (SSSR count). The summed E-state index contributed by atoms with van der Waals surface area (Å²) in [5.74, 6) is -0.773. The first kappa shape index (κ1) is 16.3. The van der Waals surface area contributed by atoms with Gasteiger partial charge < -0.3 is 16.2 Å². The van der Waals surface area contributed by atoms with Crippen molar-refractivity contribution in [2.75, 3.05) is 0 Å². The van der Waals surface area contributed by atoms with Crippen LogP contribution in [0.3, 0.4) is 0 Å². The Morgan fingerprint density at radius 3 is 2.43 bits per heavy atom. The molecule has 0 aromatic rings. The van der Waals surface area contributed by atoms with Gasteiger partial charge in [0.15, 0.2) is 0 Å². The molecule has 5 nitrogen and oxygen atoms in total. The van der Waals surface area contributed by atoms with E-state index >= 15 is 0 Å². The first-order valence-electron chi connectivity index (χ1n) is 8.19. The second-order valence-corrected chi connectivity index (χ2v) is 7.24. The highest BCUT2D eigenvalue weighted by Gasteiger charge is 2.44.